The van der Waals surface area contributed by atoms with Crippen LogP contribution < -0.4 is 14.2 Å². The number of hydrogen-bond acceptors (Lipinski definition) is 5. The van der Waals surface area contributed by atoms with Crippen molar-refractivity contribution in [1.29, 1.82) is 0 Å². The van der Waals surface area contributed by atoms with Crippen molar-refractivity contribution in [2.75, 3.05) is 26.4 Å². The smallest absolute Gasteiger partial charge is 0.240 e. The van der Waals surface area contributed by atoms with Gasteiger partial charge in [-0.25, -0.2) is 13.1 Å². The first kappa shape index (κ1) is 16.1. The van der Waals surface area contributed by atoms with E-state index in [9.17, 15) is 8.42 Å². The van der Waals surface area contributed by atoms with E-state index < -0.39 is 10.0 Å². The highest BCUT2D eigenvalue weighted by atomic mass is 32.2. The molecular weight excluding hydrogens is 292 g/mol. The number of ether oxygens (including phenoxy) is 2. The highest BCUT2D eigenvalue weighted by molar-refractivity contribution is 7.89. The first-order valence-corrected chi connectivity index (χ1v) is 8.59. The second kappa shape index (κ2) is 6.64. The van der Waals surface area contributed by atoms with E-state index in [-0.39, 0.29) is 17.7 Å². The minimum atomic E-state index is -3.54. The summed E-state index contributed by atoms with van der Waals surface area (Å²) in [6, 6.07) is 4.78. The summed E-state index contributed by atoms with van der Waals surface area (Å²) in [5.74, 6) is 1.04. The van der Waals surface area contributed by atoms with Crippen molar-refractivity contribution < 1.29 is 17.9 Å². The van der Waals surface area contributed by atoms with Gasteiger partial charge in [-0.1, -0.05) is 13.8 Å². The van der Waals surface area contributed by atoms with Crippen LogP contribution in [0.15, 0.2) is 23.1 Å². The Morgan fingerprint density at radius 3 is 2.57 bits per heavy atom. The average Bonchev–Trinajstić information content (AvgIpc) is 2.94. The average molecular weight is 314 g/mol. The maximum Gasteiger partial charge on any atom is 0.240 e. The van der Waals surface area contributed by atoms with Gasteiger partial charge in [0.25, 0.3) is 0 Å². The molecule has 21 heavy (non-hydrogen) atoms. The van der Waals surface area contributed by atoms with E-state index in [0.717, 1.165) is 13.1 Å². The number of fused-ring (bicyclic) bond motifs is 1. The van der Waals surface area contributed by atoms with Gasteiger partial charge in [-0.15, -0.1) is 0 Å². The molecule has 7 heteroatoms. The van der Waals surface area contributed by atoms with Crippen LogP contribution in [-0.2, 0) is 10.0 Å². The van der Waals surface area contributed by atoms with Gasteiger partial charge in [0.05, 0.1) is 4.90 Å². The summed E-state index contributed by atoms with van der Waals surface area (Å²) in [6.45, 7) is 8.42. The molecule has 1 aromatic carbocycles. The second-order valence-electron chi connectivity index (χ2n) is 4.94. The van der Waals surface area contributed by atoms with E-state index in [1.54, 1.807) is 6.07 Å². The molecule has 118 valence electrons. The number of nitrogens with one attached hydrogen (secondary N) is 1. The van der Waals surface area contributed by atoms with Crippen molar-refractivity contribution >= 4 is 10.0 Å². The fourth-order valence-corrected chi connectivity index (χ4v) is 3.47. The molecule has 1 aliphatic rings. The zero-order valence-corrected chi connectivity index (χ0v) is 13.4. The fourth-order valence-electron chi connectivity index (χ4n) is 2.33. The molecule has 0 saturated carbocycles. The number of benzene rings is 1. The summed E-state index contributed by atoms with van der Waals surface area (Å²) in [5, 5.41) is 0. The molecule has 0 amide bonds. The number of likely N-dealkylation sites (N-methyl/N-ethyl adjacent to an activating group) is 1. The van der Waals surface area contributed by atoms with Gasteiger partial charge in [0.1, 0.15) is 0 Å². The Bertz CT molecular complexity index is 585. The number of sulfonamides is 1. The molecule has 1 aliphatic heterocycles. The lowest BCUT2D eigenvalue weighted by molar-refractivity contribution is 0.174. The number of rotatable bonds is 7. The molecule has 0 aromatic heterocycles. The molecule has 2 rings (SSSR count). The first-order chi connectivity index (χ1) is 9.97. The largest absolute Gasteiger partial charge is 0.454 e. The fraction of sp³-hybridized carbons (Fsp3) is 0.571. The zero-order valence-electron chi connectivity index (χ0n) is 12.6. The maximum atomic E-state index is 12.3. The molecule has 6 nitrogen and oxygen atoms in total. The molecule has 0 spiro atoms. The Kier molecular flexibility index (Phi) is 5.08. The highest BCUT2D eigenvalue weighted by Gasteiger charge is 2.21. The van der Waals surface area contributed by atoms with E-state index in [1.807, 2.05) is 6.92 Å². The lowest BCUT2D eigenvalue weighted by atomic mass is 10.3. The normalized spacial score (nSPS) is 15.4. The van der Waals surface area contributed by atoms with Gasteiger partial charge in [-0.2, -0.15) is 0 Å². The summed E-state index contributed by atoms with van der Waals surface area (Å²) in [5.41, 5.74) is 0. The van der Waals surface area contributed by atoms with Crippen LogP contribution in [0.2, 0.25) is 0 Å². The Labute approximate surface area is 126 Å². The van der Waals surface area contributed by atoms with Crippen LogP contribution in [-0.4, -0.2) is 45.8 Å². The third-order valence-electron chi connectivity index (χ3n) is 3.66. The summed E-state index contributed by atoms with van der Waals surface area (Å²) in [4.78, 5) is 2.39. The van der Waals surface area contributed by atoms with Gasteiger partial charge < -0.3 is 9.47 Å². The third-order valence-corrected chi connectivity index (χ3v) is 5.08. The van der Waals surface area contributed by atoms with E-state index in [4.69, 9.17) is 9.47 Å². The molecular formula is C14H22N2O4S. The molecule has 1 N–H and O–H groups in total. The number of nitrogens with zero attached hydrogens (tertiary/aromatic N) is 1. The molecule has 0 saturated heterocycles. The summed E-state index contributed by atoms with van der Waals surface area (Å²) >= 11 is 0. The minimum absolute atomic E-state index is 0.130. The molecule has 0 fully saturated rings. The van der Waals surface area contributed by atoms with Crippen molar-refractivity contribution in [1.82, 2.24) is 9.62 Å². The standard InChI is InChI=1S/C14H22N2O4S/c1-4-16(5-2)11(3)9-15-21(17,18)12-6-7-13-14(8-12)20-10-19-13/h6-8,11,15H,4-5,9-10H2,1-3H3/t11-/m0/s1. The molecule has 1 aromatic rings. The zero-order chi connectivity index (χ0) is 15.5. The quantitative estimate of drug-likeness (QED) is 0.824. The van der Waals surface area contributed by atoms with Gasteiger partial charge in [0.2, 0.25) is 16.8 Å². The maximum absolute atomic E-state index is 12.3. The van der Waals surface area contributed by atoms with Crippen LogP contribution in [0, 0.1) is 0 Å². The number of hydrogen-bond donors (Lipinski definition) is 1. The summed E-state index contributed by atoms with van der Waals surface area (Å²) in [6.07, 6.45) is 0. The van der Waals surface area contributed by atoms with E-state index in [0.29, 0.717) is 18.0 Å². The third kappa shape index (κ3) is 3.66. The summed E-state index contributed by atoms with van der Waals surface area (Å²) in [7, 11) is -3.54. The predicted octanol–water partition coefficient (Wildman–Crippen LogP) is 1.42. The van der Waals surface area contributed by atoms with E-state index in [1.165, 1.54) is 12.1 Å². The van der Waals surface area contributed by atoms with Crippen molar-refractivity contribution in [3.63, 3.8) is 0 Å². The molecule has 0 unspecified atom stereocenters. The Morgan fingerprint density at radius 2 is 1.90 bits per heavy atom. The molecule has 0 aliphatic carbocycles. The van der Waals surface area contributed by atoms with Crippen molar-refractivity contribution in [2.45, 2.75) is 31.7 Å². The van der Waals surface area contributed by atoms with E-state index >= 15 is 0 Å². The van der Waals surface area contributed by atoms with E-state index in [2.05, 4.69) is 23.5 Å². The van der Waals surface area contributed by atoms with Crippen LogP contribution in [0.1, 0.15) is 20.8 Å². The second-order valence-corrected chi connectivity index (χ2v) is 6.70. The summed E-state index contributed by atoms with van der Waals surface area (Å²) < 4.78 is 37.7. The van der Waals surface area contributed by atoms with Crippen LogP contribution in [0.5, 0.6) is 11.5 Å². The van der Waals surface area contributed by atoms with Gasteiger partial charge in [0, 0.05) is 18.7 Å². The lowest BCUT2D eigenvalue weighted by Gasteiger charge is -2.26. The first-order valence-electron chi connectivity index (χ1n) is 7.11. The van der Waals surface area contributed by atoms with Gasteiger partial charge in [-0.05, 0) is 32.1 Å². The van der Waals surface area contributed by atoms with Gasteiger partial charge in [-0.3, -0.25) is 4.90 Å². The lowest BCUT2D eigenvalue weighted by Crippen LogP contribution is -2.41. The van der Waals surface area contributed by atoms with Gasteiger partial charge in [0.15, 0.2) is 11.5 Å². The van der Waals surface area contributed by atoms with Crippen LogP contribution >= 0.6 is 0 Å². The minimum Gasteiger partial charge on any atom is -0.454 e. The van der Waals surface area contributed by atoms with Crippen LogP contribution in [0.4, 0.5) is 0 Å². The van der Waals surface area contributed by atoms with Crippen LogP contribution in [0.3, 0.4) is 0 Å². The Hall–Kier alpha value is -1.31. The molecule has 1 heterocycles. The Morgan fingerprint density at radius 1 is 1.24 bits per heavy atom. The topological polar surface area (TPSA) is 67.9 Å². The SMILES string of the molecule is CCN(CC)[C@@H](C)CNS(=O)(=O)c1ccc2c(c1)OCO2. The van der Waals surface area contributed by atoms with Crippen molar-refractivity contribution in [3.05, 3.63) is 18.2 Å². The van der Waals surface area contributed by atoms with Gasteiger partial charge >= 0.3 is 0 Å². The van der Waals surface area contributed by atoms with Crippen molar-refractivity contribution in [2.24, 2.45) is 0 Å². The Balaban J connectivity index is 2.05. The van der Waals surface area contributed by atoms with Crippen LogP contribution in [0.25, 0.3) is 0 Å². The molecule has 1 atom stereocenters. The predicted molar refractivity (Wildman–Crippen MR) is 80.1 cm³/mol. The molecule has 0 bridgehead atoms. The monoisotopic (exact) mass is 314 g/mol. The molecule has 0 radical (unpaired) electrons. The highest BCUT2D eigenvalue weighted by Crippen LogP contribution is 2.33. The van der Waals surface area contributed by atoms with Crippen molar-refractivity contribution in [3.8, 4) is 11.5 Å².